The average molecular weight is 357 g/mol. The third kappa shape index (κ3) is 3.22. The first-order chi connectivity index (χ1) is 11.6. The Bertz CT molecular complexity index is 718. The number of anilines is 2. The average Bonchev–Trinajstić information content (AvgIpc) is 2.82. The van der Waals surface area contributed by atoms with Crippen molar-refractivity contribution in [2.45, 2.75) is 32.0 Å². The van der Waals surface area contributed by atoms with E-state index in [2.05, 4.69) is 10.6 Å². The van der Waals surface area contributed by atoms with E-state index in [1.807, 2.05) is 0 Å². The van der Waals surface area contributed by atoms with Crippen LogP contribution in [0.1, 0.15) is 20.3 Å². The van der Waals surface area contributed by atoms with Gasteiger partial charge in [0.05, 0.1) is 17.1 Å². The van der Waals surface area contributed by atoms with E-state index < -0.39 is 23.7 Å². The maximum Gasteiger partial charge on any atom is 0.394 e. The zero-order valence-corrected chi connectivity index (χ0v) is 13.7. The van der Waals surface area contributed by atoms with Crippen LogP contribution in [0.25, 0.3) is 0 Å². The Kier molecular flexibility index (Phi) is 4.04. The molecule has 2 N–H and O–H groups in total. The molecular weight excluding hydrogens is 339 g/mol. The van der Waals surface area contributed by atoms with Crippen LogP contribution in [0.4, 0.5) is 29.3 Å². The molecule has 9 heteroatoms. The number of likely N-dealkylation sites (tertiary alicyclic amines) is 1. The maximum absolute atomic E-state index is 13.1. The first-order valence-electron chi connectivity index (χ1n) is 7.81. The molecule has 0 aliphatic carbocycles. The number of alkyl halides is 3. The summed E-state index contributed by atoms with van der Waals surface area (Å²) >= 11 is 0. The fraction of sp³-hybridized carbons (Fsp3) is 0.500. The zero-order valence-electron chi connectivity index (χ0n) is 13.7. The molecule has 0 spiro atoms. The van der Waals surface area contributed by atoms with Gasteiger partial charge in [-0.15, -0.1) is 0 Å². The Morgan fingerprint density at radius 1 is 1.40 bits per heavy atom. The number of ether oxygens (including phenoxy) is 1. The SMILES string of the molecule is CC1(C)C(C(F)(F)F)CCN1C(=O)Nc1ccc2c(c1)OCC(=O)N2. The number of nitrogens with one attached hydrogen (secondary N) is 2. The summed E-state index contributed by atoms with van der Waals surface area (Å²) in [5.41, 5.74) is -0.472. The molecule has 0 bridgehead atoms. The number of rotatable bonds is 1. The lowest BCUT2D eigenvalue weighted by molar-refractivity contribution is -0.189. The molecule has 2 aliphatic heterocycles. The van der Waals surface area contributed by atoms with Crippen LogP contribution in [-0.4, -0.2) is 41.7 Å². The Balaban J connectivity index is 1.74. The van der Waals surface area contributed by atoms with E-state index in [-0.39, 0.29) is 25.5 Å². The van der Waals surface area contributed by atoms with Crippen LogP contribution < -0.4 is 15.4 Å². The molecule has 1 aromatic carbocycles. The Labute approximate surface area is 142 Å². The fourth-order valence-electron chi connectivity index (χ4n) is 3.36. The lowest BCUT2D eigenvalue weighted by Gasteiger charge is -2.36. The molecule has 1 fully saturated rings. The van der Waals surface area contributed by atoms with Gasteiger partial charge in [0, 0.05) is 18.3 Å². The van der Waals surface area contributed by atoms with E-state index >= 15 is 0 Å². The van der Waals surface area contributed by atoms with E-state index in [0.717, 1.165) is 0 Å². The lowest BCUT2D eigenvalue weighted by Crippen LogP contribution is -2.51. The minimum atomic E-state index is -4.35. The first kappa shape index (κ1) is 17.4. The topological polar surface area (TPSA) is 70.7 Å². The molecule has 1 aromatic rings. The molecule has 1 atom stereocenters. The Hall–Kier alpha value is -2.45. The molecule has 0 radical (unpaired) electrons. The minimum Gasteiger partial charge on any atom is -0.482 e. The monoisotopic (exact) mass is 357 g/mol. The van der Waals surface area contributed by atoms with Gasteiger partial charge in [-0.1, -0.05) is 0 Å². The van der Waals surface area contributed by atoms with Crippen molar-refractivity contribution >= 4 is 23.3 Å². The summed E-state index contributed by atoms with van der Waals surface area (Å²) in [4.78, 5) is 24.9. The summed E-state index contributed by atoms with van der Waals surface area (Å²) in [7, 11) is 0. The number of nitrogens with zero attached hydrogens (tertiary/aromatic N) is 1. The second kappa shape index (κ2) is 5.82. The van der Waals surface area contributed by atoms with Gasteiger partial charge in [0.25, 0.3) is 5.91 Å². The van der Waals surface area contributed by atoms with E-state index in [1.54, 1.807) is 12.1 Å². The van der Waals surface area contributed by atoms with Crippen molar-refractivity contribution in [3.8, 4) is 5.75 Å². The largest absolute Gasteiger partial charge is 0.482 e. The van der Waals surface area contributed by atoms with E-state index in [0.29, 0.717) is 17.1 Å². The quantitative estimate of drug-likeness (QED) is 0.811. The highest BCUT2D eigenvalue weighted by Crippen LogP contribution is 2.45. The third-order valence-electron chi connectivity index (χ3n) is 4.70. The van der Waals surface area contributed by atoms with Gasteiger partial charge in [0.2, 0.25) is 0 Å². The van der Waals surface area contributed by atoms with Gasteiger partial charge in [-0.2, -0.15) is 13.2 Å². The third-order valence-corrected chi connectivity index (χ3v) is 4.70. The number of urea groups is 1. The van der Waals surface area contributed by atoms with Crippen LogP contribution >= 0.6 is 0 Å². The second-order valence-electron chi connectivity index (χ2n) is 6.67. The number of carbonyl (C=O) groups excluding carboxylic acids is 2. The second-order valence-corrected chi connectivity index (χ2v) is 6.67. The summed E-state index contributed by atoms with van der Waals surface area (Å²) in [6, 6.07) is 4.04. The lowest BCUT2D eigenvalue weighted by atomic mass is 9.88. The number of benzene rings is 1. The molecule has 3 amide bonds. The molecule has 0 saturated carbocycles. The van der Waals surface area contributed by atoms with Gasteiger partial charge in [-0.05, 0) is 32.4 Å². The summed E-state index contributed by atoms with van der Waals surface area (Å²) in [5.74, 6) is -1.44. The van der Waals surface area contributed by atoms with Crippen LogP contribution in [0, 0.1) is 5.92 Å². The number of carbonyl (C=O) groups is 2. The molecular formula is C16H18F3N3O3. The van der Waals surface area contributed by atoms with Gasteiger partial charge in [-0.3, -0.25) is 4.79 Å². The summed E-state index contributed by atoms with van der Waals surface area (Å²) in [6.07, 6.45) is -4.47. The highest BCUT2D eigenvalue weighted by molar-refractivity contribution is 5.96. The Morgan fingerprint density at radius 2 is 2.12 bits per heavy atom. The molecule has 0 aromatic heterocycles. The molecule has 6 nitrogen and oxygen atoms in total. The fourth-order valence-corrected chi connectivity index (χ4v) is 3.36. The smallest absolute Gasteiger partial charge is 0.394 e. The number of hydrogen-bond acceptors (Lipinski definition) is 3. The minimum absolute atomic E-state index is 0.0283. The van der Waals surface area contributed by atoms with Crippen LogP contribution in [0.2, 0.25) is 0 Å². The van der Waals surface area contributed by atoms with Crippen molar-refractivity contribution in [3.63, 3.8) is 0 Å². The van der Waals surface area contributed by atoms with E-state index in [9.17, 15) is 22.8 Å². The highest BCUT2D eigenvalue weighted by Gasteiger charge is 2.56. The van der Waals surface area contributed by atoms with Gasteiger partial charge < -0.3 is 20.3 Å². The number of fused-ring (bicyclic) bond motifs is 1. The molecule has 136 valence electrons. The summed E-state index contributed by atoms with van der Waals surface area (Å²) in [6.45, 7) is 2.74. The predicted molar refractivity (Wildman–Crippen MR) is 84.5 cm³/mol. The molecule has 1 unspecified atom stereocenters. The first-order valence-corrected chi connectivity index (χ1v) is 7.81. The van der Waals surface area contributed by atoms with Crippen LogP contribution in [0.5, 0.6) is 5.75 Å². The van der Waals surface area contributed by atoms with Gasteiger partial charge in [-0.25, -0.2) is 4.79 Å². The molecule has 2 heterocycles. The van der Waals surface area contributed by atoms with Crippen LogP contribution in [0.15, 0.2) is 18.2 Å². The molecule has 3 rings (SSSR count). The predicted octanol–water partition coefficient (Wildman–Crippen LogP) is 3.21. The van der Waals surface area contributed by atoms with Gasteiger partial charge in [0.15, 0.2) is 6.61 Å². The highest BCUT2D eigenvalue weighted by atomic mass is 19.4. The van der Waals surface area contributed by atoms with Crippen molar-refractivity contribution < 1.29 is 27.5 Å². The standard InChI is InChI=1S/C16H18F3N3O3/c1-15(2)12(16(17,18)19)5-6-22(15)14(24)20-9-3-4-10-11(7-9)25-8-13(23)21-10/h3-4,7,12H,5-6,8H2,1-2H3,(H,20,24)(H,21,23). The summed E-state index contributed by atoms with van der Waals surface area (Å²) < 4.78 is 44.7. The molecule has 2 aliphatic rings. The number of halogens is 3. The van der Waals surface area contributed by atoms with Crippen molar-refractivity contribution in [3.05, 3.63) is 18.2 Å². The van der Waals surface area contributed by atoms with Gasteiger partial charge >= 0.3 is 12.2 Å². The maximum atomic E-state index is 13.1. The Morgan fingerprint density at radius 3 is 2.76 bits per heavy atom. The number of hydrogen-bond donors (Lipinski definition) is 2. The van der Waals surface area contributed by atoms with Crippen molar-refractivity contribution in [2.24, 2.45) is 5.92 Å². The molecule has 25 heavy (non-hydrogen) atoms. The van der Waals surface area contributed by atoms with Crippen molar-refractivity contribution in [2.75, 3.05) is 23.8 Å². The summed E-state index contributed by atoms with van der Waals surface area (Å²) in [5, 5.41) is 5.22. The van der Waals surface area contributed by atoms with Crippen molar-refractivity contribution in [1.29, 1.82) is 0 Å². The van der Waals surface area contributed by atoms with E-state index in [4.69, 9.17) is 4.74 Å². The van der Waals surface area contributed by atoms with Gasteiger partial charge in [0.1, 0.15) is 5.75 Å². The zero-order chi connectivity index (χ0) is 18.4. The van der Waals surface area contributed by atoms with E-state index in [1.165, 1.54) is 24.8 Å². The van der Waals surface area contributed by atoms with Crippen LogP contribution in [0.3, 0.4) is 0 Å². The normalized spacial score (nSPS) is 22.0. The molecule has 1 saturated heterocycles. The van der Waals surface area contributed by atoms with Crippen molar-refractivity contribution in [1.82, 2.24) is 4.90 Å². The number of amides is 3. The van der Waals surface area contributed by atoms with Crippen LogP contribution in [-0.2, 0) is 4.79 Å².